The highest BCUT2D eigenvalue weighted by Crippen LogP contribution is 2.70. The summed E-state index contributed by atoms with van der Waals surface area (Å²) in [6.45, 7) is 1.07. The zero-order chi connectivity index (χ0) is 41.9. The molecule has 0 radical (unpaired) electrons. The van der Waals surface area contributed by atoms with Crippen LogP contribution in [0, 0.1) is 17.0 Å². The first-order valence-corrected chi connectivity index (χ1v) is 21.4. The Kier molecular flexibility index (Phi) is 9.28. The predicted octanol–water partition coefficient (Wildman–Crippen LogP) is 7.63. The van der Waals surface area contributed by atoms with E-state index in [1.165, 1.54) is 29.7 Å². The van der Waals surface area contributed by atoms with Crippen molar-refractivity contribution in [1.29, 1.82) is 0 Å². The summed E-state index contributed by atoms with van der Waals surface area (Å²) in [6, 6.07) is 6.64. The molecule has 2 aromatic carbocycles. The summed E-state index contributed by atoms with van der Waals surface area (Å²) >= 11 is 1.22. The molecule has 2 aliphatic heterocycles. The number of sulfonamides is 1. The van der Waals surface area contributed by atoms with Crippen molar-refractivity contribution in [3.63, 3.8) is 0 Å². The van der Waals surface area contributed by atoms with Gasteiger partial charge in [0, 0.05) is 81.9 Å². The van der Waals surface area contributed by atoms with Crippen LogP contribution in [-0.2, 0) is 21.0 Å². The fraction of sp³-hybridized carbons (Fsp3) is 0.487. The first kappa shape index (κ1) is 39.9. The molecule has 6 fully saturated rings. The zero-order valence-corrected chi connectivity index (χ0v) is 33.4. The summed E-state index contributed by atoms with van der Waals surface area (Å²) in [5.41, 5.74) is -2.60. The first-order chi connectivity index (χ1) is 27.7. The number of alkyl halides is 5. The number of nitrogens with one attached hydrogen (secondary N) is 2. The van der Waals surface area contributed by atoms with E-state index in [0.29, 0.717) is 53.3 Å². The number of carbonyl (C=O) groups is 1. The van der Waals surface area contributed by atoms with E-state index in [1.807, 2.05) is 4.72 Å². The molecular weight excluding hydrogens is 826 g/mol. The van der Waals surface area contributed by atoms with Crippen LogP contribution in [0.1, 0.15) is 56.9 Å². The van der Waals surface area contributed by atoms with Crippen LogP contribution in [0.25, 0.3) is 21.8 Å². The number of amides is 1. The van der Waals surface area contributed by atoms with Crippen LogP contribution < -0.4 is 14.9 Å². The molecule has 2 N–H and O–H groups in total. The molecule has 2 aromatic heterocycles. The van der Waals surface area contributed by atoms with E-state index in [2.05, 4.69) is 20.1 Å². The minimum atomic E-state index is -5.32. The van der Waals surface area contributed by atoms with Gasteiger partial charge < -0.3 is 15.1 Å². The number of piperazine rings is 1. The lowest BCUT2D eigenvalue weighted by molar-refractivity contribution is -0.154. The van der Waals surface area contributed by atoms with Crippen molar-refractivity contribution in [2.45, 2.75) is 92.0 Å². The maximum atomic E-state index is 16.7. The Bertz CT molecular complexity index is 2420. The van der Waals surface area contributed by atoms with Crippen LogP contribution >= 0.6 is 11.3 Å². The minimum Gasteiger partial charge on any atom is -0.349 e. The normalized spacial score (nSPS) is 26.2. The van der Waals surface area contributed by atoms with E-state index < -0.39 is 49.9 Å². The van der Waals surface area contributed by atoms with Crippen LogP contribution in [0.4, 0.5) is 47.5 Å². The molecule has 59 heavy (non-hydrogen) atoms. The second kappa shape index (κ2) is 13.7. The van der Waals surface area contributed by atoms with Crippen LogP contribution in [0.15, 0.2) is 53.6 Å². The molecule has 11 nitrogen and oxygen atoms in total. The Hall–Kier alpha value is -4.56. The van der Waals surface area contributed by atoms with Gasteiger partial charge in [-0.3, -0.25) is 14.4 Å². The topological polar surface area (TPSA) is 124 Å². The molecule has 20 heteroatoms. The van der Waals surface area contributed by atoms with Crippen LogP contribution in [0.3, 0.4) is 0 Å². The number of aromatic nitrogens is 3. The van der Waals surface area contributed by atoms with Gasteiger partial charge in [0.25, 0.3) is 15.9 Å². The highest BCUT2D eigenvalue weighted by atomic mass is 32.2. The van der Waals surface area contributed by atoms with Gasteiger partial charge in [0.1, 0.15) is 10.7 Å². The monoisotopic (exact) mass is 864 g/mol. The number of hydrogen-bond acceptors (Lipinski definition) is 10. The number of nitrogens with zero attached hydrogens (tertiary/aromatic N) is 6. The van der Waals surface area contributed by atoms with Gasteiger partial charge in [-0.25, -0.2) is 40.9 Å². The molecule has 10 rings (SSSR count). The van der Waals surface area contributed by atoms with Crippen LogP contribution in [0.5, 0.6) is 0 Å². The van der Waals surface area contributed by atoms with Gasteiger partial charge >= 0.3 is 6.18 Å². The third-order valence-electron chi connectivity index (χ3n) is 12.4. The van der Waals surface area contributed by atoms with Crippen molar-refractivity contribution in [3.05, 3.63) is 65.9 Å². The molecule has 4 aliphatic carbocycles. The summed E-state index contributed by atoms with van der Waals surface area (Å²) in [4.78, 5) is 31.1. The van der Waals surface area contributed by atoms with Crippen molar-refractivity contribution < 1.29 is 43.9 Å². The third kappa shape index (κ3) is 7.07. The lowest BCUT2D eigenvalue weighted by Gasteiger charge is -2.70. The van der Waals surface area contributed by atoms with Crippen molar-refractivity contribution in [2.75, 3.05) is 42.1 Å². The van der Waals surface area contributed by atoms with Crippen LogP contribution in [-0.4, -0.2) is 95.8 Å². The number of anilines is 3. The van der Waals surface area contributed by atoms with Crippen LogP contribution in [0.2, 0.25) is 0 Å². The van der Waals surface area contributed by atoms with Gasteiger partial charge in [0.2, 0.25) is 11.9 Å². The summed E-state index contributed by atoms with van der Waals surface area (Å²) in [7, 11) is -1.87. The molecule has 2 atom stereocenters. The molecule has 6 aliphatic rings. The molecule has 4 aromatic rings. The molecule has 2 saturated heterocycles. The summed E-state index contributed by atoms with van der Waals surface area (Å²) in [6.07, 6.45) is 0.232. The molecule has 4 saturated carbocycles. The van der Waals surface area contributed by atoms with E-state index in [0.717, 1.165) is 44.2 Å². The van der Waals surface area contributed by atoms with Crippen molar-refractivity contribution in [1.82, 2.24) is 24.8 Å². The van der Waals surface area contributed by atoms with E-state index in [-0.39, 0.29) is 59.1 Å². The Labute approximate surface area is 339 Å². The number of rotatable bonds is 11. The van der Waals surface area contributed by atoms with Crippen molar-refractivity contribution in [3.8, 4) is 21.8 Å². The Balaban J connectivity index is 1.05. The highest BCUT2D eigenvalue weighted by Gasteiger charge is 2.68. The number of fused-ring (bicyclic) bond motifs is 2. The molecule has 4 heterocycles. The number of benzene rings is 2. The second-order valence-electron chi connectivity index (χ2n) is 16.9. The maximum Gasteiger partial charge on any atom is 0.417 e. The largest absolute Gasteiger partial charge is 0.417 e. The number of carbonyl (C=O) groups excluding carboxylic acids is 1. The average molecular weight is 865 g/mol. The molecule has 0 spiro atoms. The summed E-state index contributed by atoms with van der Waals surface area (Å²) < 4.78 is 129. The SMILES string of the molecule is CN(C)C(=O)CC12CC(Nc3nccc(-c4sc(N5C6CCC5CN(C5CC(F)(F)C5)C6)nc4-c4cccc(NS(=O)(=O)c5c(F)cccc5C(F)(F)F)c4F)n3)(C1)C2. The van der Waals surface area contributed by atoms with Gasteiger partial charge in [-0.05, 0) is 67.9 Å². The molecule has 314 valence electrons. The predicted molar refractivity (Wildman–Crippen MR) is 206 cm³/mol. The standard InChI is InChI=1S/C39H39F7N8O3S2/c1-52(2)29(55)15-36-18-37(19-36,20-36)50-34-47-12-11-28(48-34)32-31(49-35(58-32)54-21-9-10-22(54)17-53(16-21)23-13-38(42,43)14-23)24-5-3-8-27(30(24)41)51-59(56,57)33-25(39(44,45)46)6-4-7-26(33)40/h3-8,11-12,21-23,51H,9-10,13-20H2,1-2H3,(H,47,48,50). The smallest absolute Gasteiger partial charge is 0.349 e. The van der Waals surface area contributed by atoms with Gasteiger partial charge in [-0.1, -0.05) is 23.5 Å². The molecule has 4 bridgehead atoms. The lowest BCUT2D eigenvalue weighted by atomic mass is 9.38. The summed E-state index contributed by atoms with van der Waals surface area (Å²) in [5.74, 6) is -5.14. The van der Waals surface area contributed by atoms with Crippen molar-refractivity contribution in [2.24, 2.45) is 5.41 Å². The lowest BCUT2D eigenvalue weighted by Crippen LogP contribution is -2.71. The number of likely N-dealkylation sites (tertiary alicyclic amines) is 1. The number of hydrogen-bond donors (Lipinski definition) is 2. The van der Waals surface area contributed by atoms with E-state index in [4.69, 9.17) is 9.97 Å². The fourth-order valence-electron chi connectivity index (χ4n) is 9.78. The van der Waals surface area contributed by atoms with Crippen molar-refractivity contribution >= 4 is 44.0 Å². The van der Waals surface area contributed by atoms with E-state index in [1.54, 1.807) is 25.1 Å². The van der Waals surface area contributed by atoms with Gasteiger partial charge in [-0.2, -0.15) is 13.2 Å². The fourth-order valence-corrected chi connectivity index (χ4v) is 12.3. The average Bonchev–Trinajstić information content (AvgIpc) is 3.66. The first-order valence-electron chi connectivity index (χ1n) is 19.1. The minimum absolute atomic E-state index is 0.0619. The number of halogens is 7. The Morgan fingerprint density at radius 2 is 1.64 bits per heavy atom. The highest BCUT2D eigenvalue weighted by molar-refractivity contribution is 7.92. The second-order valence-corrected chi connectivity index (χ2v) is 19.5. The van der Waals surface area contributed by atoms with E-state index in [9.17, 15) is 39.6 Å². The number of thiazole rings is 1. The Morgan fingerprint density at radius 1 is 0.966 bits per heavy atom. The molecule has 2 unspecified atom stereocenters. The molecule has 1 amide bonds. The van der Waals surface area contributed by atoms with Gasteiger partial charge in [0.05, 0.1) is 27.5 Å². The summed E-state index contributed by atoms with van der Waals surface area (Å²) in [5, 5.41) is 3.94. The maximum absolute atomic E-state index is 16.7. The van der Waals surface area contributed by atoms with E-state index >= 15 is 4.39 Å². The Morgan fingerprint density at radius 3 is 2.29 bits per heavy atom. The molecular formula is C39H39F7N8O3S2. The van der Waals surface area contributed by atoms with Gasteiger partial charge in [0.15, 0.2) is 10.9 Å². The zero-order valence-electron chi connectivity index (χ0n) is 31.8. The quantitative estimate of drug-likeness (QED) is 0.147. The third-order valence-corrected chi connectivity index (χ3v) is 14.9. The van der Waals surface area contributed by atoms with Gasteiger partial charge in [-0.15, -0.1) is 0 Å².